The van der Waals surface area contributed by atoms with Gasteiger partial charge >= 0.3 is 0 Å². The van der Waals surface area contributed by atoms with Crippen LogP contribution in [-0.4, -0.2) is 36.6 Å². The standard InChI is InChI=1S/C13H25NO2/c1-10(2)9-14(12-7-5-6-8-12)13(15)11(3)16-4/h10-12H,5-9H2,1-4H3. The predicted molar refractivity (Wildman–Crippen MR) is 65.3 cm³/mol. The molecule has 3 heteroatoms. The first-order valence-corrected chi connectivity index (χ1v) is 6.39. The minimum Gasteiger partial charge on any atom is -0.372 e. The van der Waals surface area contributed by atoms with Gasteiger partial charge in [-0.25, -0.2) is 0 Å². The van der Waals surface area contributed by atoms with Gasteiger partial charge in [-0.15, -0.1) is 0 Å². The zero-order chi connectivity index (χ0) is 12.1. The molecule has 1 aliphatic carbocycles. The molecule has 1 saturated carbocycles. The fraction of sp³-hybridized carbons (Fsp3) is 0.923. The molecule has 1 fully saturated rings. The molecule has 0 aromatic heterocycles. The molecule has 94 valence electrons. The Morgan fingerprint density at radius 2 is 1.88 bits per heavy atom. The number of hydrogen-bond acceptors (Lipinski definition) is 2. The summed E-state index contributed by atoms with van der Waals surface area (Å²) in [6.45, 7) is 7.02. The lowest BCUT2D eigenvalue weighted by molar-refractivity contribution is -0.143. The molecule has 0 radical (unpaired) electrons. The molecule has 0 aromatic rings. The first kappa shape index (κ1) is 13.5. The molecule has 1 unspecified atom stereocenters. The van der Waals surface area contributed by atoms with Gasteiger partial charge in [-0.05, 0) is 25.7 Å². The van der Waals surface area contributed by atoms with E-state index >= 15 is 0 Å². The minimum atomic E-state index is -0.306. The maximum Gasteiger partial charge on any atom is 0.251 e. The van der Waals surface area contributed by atoms with E-state index in [4.69, 9.17) is 4.74 Å². The maximum atomic E-state index is 12.2. The molecule has 1 amide bonds. The van der Waals surface area contributed by atoms with Crippen molar-refractivity contribution in [3.63, 3.8) is 0 Å². The molecular weight excluding hydrogens is 202 g/mol. The molecule has 0 aromatic carbocycles. The van der Waals surface area contributed by atoms with Gasteiger partial charge < -0.3 is 9.64 Å². The topological polar surface area (TPSA) is 29.5 Å². The molecule has 0 spiro atoms. The van der Waals surface area contributed by atoms with Crippen molar-refractivity contribution < 1.29 is 9.53 Å². The van der Waals surface area contributed by atoms with E-state index in [-0.39, 0.29) is 12.0 Å². The van der Waals surface area contributed by atoms with E-state index in [1.165, 1.54) is 12.8 Å². The summed E-state index contributed by atoms with van der Waals surface area (Å²) < 4.78 is 5.14. The first-order valence-electron chi connectivity index (χ1n) is 6.39. The minimum absolute atomic E-state index is 0.156. The van der Waals surface area contributed by atoms with E-state index in [1.807, 2.05) is 11.8 Å². The molecule has 0 saturated heterocycles. The fourth-order valence-corrected chi connectivity index (χ4v) is 2.36. The monoisotopic (exact) mass is 227 g/mol. The van der Waals surface area contributed by atoms with Gasteiger partial charge in [0.05, 0.1) is 0 Å². The van der Waals surface area contributed by atoms with Crippen LogP contribution >= 0.6 is 0 Å². The Balaban J connectivity index is 2.65. The molecule has 1 aliphatic rings. The van der Waals surface area contributed by atoms with Crippen LogP contribution < -0.4 is 0 Å². The molecule has 0 heterocycles. The van der Waals surface area contributed by atoms with Crippen LogP contribution in [0.1, 0.15) is 46.5 Å². The molecule has 3 nitrogen and oxygen atoms in total. The average molecular weight is 227 g/mol. The van der Waals surface area contributed by atoms with E-state index in [1.54, 1.807) is 7.11 Å². The van der Waals surface area contributed by atoms with Crippen LogP contribution in [-0.2, 0) is 9.53 Å². The third-order valence-electron chi connectivity index (χ3n) is 3.31. The van der Waals surface area contributed by atoms with Gasteiger partial charge in [0.25, 0.3) is 5.91 Å². The summed E-state index contributed by atoms with van der Waals surface area (Å²) in [5, 5.41) is 0. The van der Waals surface area contributed by atoms with E-state index in [0.29, 0.717) is 12.0 Å². The van der Waals surface area contributed by atoms with Crippen molar-refractivity contribution in [2.24, 2.45) is 5.92 Å². The van der Waals surface area contributed by atoms with Crippen molar-refractivity contribution in [2.75, 3.05) is 13.7 Å². The number of rotatable bonds is 5. The summed E-state index contributed by atoms with van der Waals surface area (Å²) in [6, 6.07) is 0.451. The van der Waals surface area contributed by atoms with Crippen LogP contribution in [0.2, 0.25) is 0 Å². The zero-order valence-electron chi connectivity index (χ0n) is 11.0. The van der Waals surface area contributed by atoms with Crippen molar-refractivity contribution >= 4 is 5.91 Å². The number of hydrogen-bond donors (Lipinski definition) is 0. The summed E-state index contributed by atoms with van der Waals surface area (Å²) in [7, 11) is 1.60. The molecule has 1 atom stereocenters. The summed E-state index contributed by atoms with van der Waals surface area (Å²) >= 11 is 0. The molecule has 0 aliphatic heterocycles. The molecule has 1 rings (SSSR count). The van der Waals surface area contributed by atoms with Crippen molar-refractivity contribution in [1.82, 2.24) is 4.90 Å². The quantitative estimate of drug-likeness (QED) is 0.722. The Hall–Kier alpha value is -0.570. The first-order chi connectivity index (χ1) is 7.56. The lowest BCUT2D eigenvalue weighted by atomic mass is 10.1. The van der Waals surface area contributed by atoms with Crippen LogP contribution in [0.3, 0.4) is 0 Å². The van der Waals surface area contributed by atoms with Crippen LogP contribution in [0, 0.1) is 5.92 Å². The zero-order valence-corrected chi connectivity index (χ0v) is 11.0. The highest BCUT2D eigenvalue weighted by molar-refractivity contribution is 5.80. The summed E-state index contributed by atoms with van der Waals surface area (Å²) in [6.07, 6.45) is 4.53. The highest BCUT2D eigenvalue weighted by atomic mass is 16.5. The Bertz CT molecular complexity index is 222. The van der Waals surface area contributed by atoms with Crippen LogP contribution in [0.4, 0.5) is 0 Å². The van der Waals surface area contributed by atoms with E-state index in [0.717, 1.165) is 19.4 Å². The lowest BCUT2D eigenvalue weighted by Gasteiger charge is -2.32. The Morgan fingerprint density at radius 1 is 1.31 bits per heavy atom. The lowest BCUT2D eigenvalue weighted by Crippen LogP contribution is -2.46. The second kappa shape index (κ2) is 6.24. The molecule has 0 bridgehead atoms. The van der Waals surface area contributed by atoms with Crippen molar-refractivity contribution in [3.05, 3.63) is 0 Å². The third-order valence-corrected chi connectivity index (χ3v) is 3.31. The second-order valence-electron chi connectivity index (χ2n) is 5.20. The van der Waals surface area contributed by atoms with Gasteiger partial charge in [-0.2, -0.15) is 0 Å². The second-order valence-corrected chi connectivity index (χ2v) is 5.20. The smallest absolute Gasteiger partial charge is 0.251 e. The number of carbonyl (C=O) groups is 1. The predicted octanol–water partition coefficient (Wildman–Crippen LogP) is 2.45. The molecular formula is C13H25NO2. The van der Waals surface area contributed by atoms with E-state index < -0.39 is 0 Å². The number of nitrogens with zero attached hydrogens (tertiary/aromatic N) is 1. The SMILES string of the molecule is COC(C)C(=O)N(CC(C)C)C1CCCC1. The van der Waals surface area contributed by atoms with Gasteiger partial charge in [-0.3, -0.25) is 4.79 Å². The van der Waals surface area contributed by atoms with Gasteiger partial charge in [-0.1, -0.05) is 26.7 Å². The van der Waals surface area contributed by atoms with Gasteiger partial charge in [0.1, 0.15) is 6.10 Å². The van der Waals surface area contributed by atoms with Gasteiger partial charge in [0.2, 0.25) is 0 Å². The number of ether oxygens (including phenoxy) is 1. The van der Waals surface area contributed by atoms with E-state index in [2.05, 4.69) is 13.8 Å². The summed E-state index contributed by atoms with van der Waals surface area (Å²) in [5.41, 5.74) is 0. The van der Waals surface area contributed by atoms with Crippen LogP contribution in [0.5, 0.6) is 0 Å². The Labute approximate surface area is 99.1 Å². The van der Waals surface area contributed by atoms with Crippen LogP contribution in [0.25, 0.3) is 0 Å². The van der Waals surface area contributed by atoms with Gasteiger partial charge in [0, 0.05) is 19.7 Å². The van der Waals surface area contributed by atoms with Crippen molar-refractivity contribution in [3.8, 4) is 0 Å². The summed E-state index contributed by atoms with van der Waals surface area (Å²) in [5.74, 6) is 0.678. The Morgan fingerprint density at radius 3 is 2.31 bits per heavy atom. The molecule has 0 N–H and O–H groups in total. The third kappa shape index (κ3) is 3.48. The van der Waals surface area contributed by atoms with Gasteiger partial charge in [0.15, 0.2) is 0 Å². The molecule has 16 heavy (non-hydrogen) atoms. The van der Waals surface area contributed by atoms with E-state index in [9.17, 15) is 4.79 Å². The average Bonchev–Trinajstić information content (AvgIpc) is 2.76. The van der Waals surface area contributed by atoms with Crippen LogP contribution in [0.15, 0.2) is 0 Å². The highest BCUT2D eigenvalue weighted by Crippen LogP contribution is 2.25. The maximum absolute atomic E-state index is 12.2. The fourth-order valence-electron chi connectivity index (χ4n) is 2.36. The number of amides is 1. The Kier molecular flexibility index (Phi) is 5.26. The van der Waals surface area contributed by atoms with Crippen molar-refractivity contribution in [1.29, 1.82) is 0 Å². The number of carbonyl (C=O) groups excluding carboxylic acids is 1. The highest BCUT2D eigenvalue weighted by Gasteiger charge is 2.29. The van der Waals surface area contributed by atoms with Crippen molar-refractivity contribution in [2.45, 2.75) is 58.6 Å². The summed E-state index contributed by atoms with van der Waals surface area (Å²) in [4.78, 5) is 14.2. The number of methoxy groups -OCH3 is 1. The largest absolute Gasteiger partial charge is 0.372 e. The normalized spacial score (nSPS) is 19.1.